The quantitative estimate of drug-likeness (QED) is 0.776. The molecule has 2 N–H and O–H groups in total. The van der Waals surface area contributed by atoms with Gasteiger partial charge in [0.1, 0.15) is 5.82 Å². The second kappa shape index (κ2) is 4.61. The third-order valence-corrected chi connectivity index (χ3v) is 3.06. The van der Waals surface area contributed by atoms with Gasteiger partial charge < -0.3 is 5.73 Å². The van der Waals surface area contributed by atoms with Crippen LogP contribution in [0.5, 0.6) is 0 Å². The first kappa shape index (κ1) is 11.5. The van der Waals surface area contributed by atoms with E-state index in [9.17, 15) is 0 Å². The minimum absolute atomic E-state index is 0.631. The van der Waals surface area contributed by atoms with Crippen LogP contribution in [-0.2, 0) is 6.54 Å². The summed E-state index contributed by atoms with van der Waals surface area (Å²) in [5.74, 6) is 0.701. The molecule has 0 radical (unpaired) electrons. The lowest BCUT2D eigenvalue weighted by atomic mass is 10.3. The number of nitrogens with two attached hydrogens (primary N) is 1. The number of hydrogen-bond donors (Lipinski definition) is 1. The molecule has 2 heterocycles. The Morgan fingerprint density at radius 1 is 1.11 bits per heavy atom. The highest BCUT2D eigenvalue weighted by Gasteiger charge is 2.06. The Labute approximate surface area is 111 Å². The molecule has 1 aromatic carbocycles. The van der Waals surface area contributed by atoms with Crippen LogP contribution < -0.4 is 5.73 Å². The Bertz CT molecular complexity index is 681. The van der Waals surface area contributed by atoms with Gasteiger partial charge in [-0.1, -0.05) is 18.2 Å². The van der Waals surface area contributed by atoms with Gasteiger partial charge in [0, 0.05) is 17.3 Å². The summed E-state index contributed by atoms with van der Waals surface area (Å²) in [5.41, 5.74) is 9.05. The summed E-state index contributed by atoms with van der Waals surface area (Å²) in [4.78, 5) is 0. The van der Waals surface area contributed by atoms with Crippen LogP contribution in [0.2, 0.25) is 0 Å². The van der Waals surface area contributed by atoms with Crippen LogP contribution in [0, 0.1) is 6.92 Å². The molecule has 0 amide bonds. The number of anilines is 1. The zero-order chi connectivity index (χ0) is 13.2. The highest BCUT2D eigenvalue weighted by molar-refractivity contribution is 5.38. The van der Waals surface area contributed by atoms with Crippen LogP contribution in [0.15, 0.2) is 48.9 Å². The van der Waals surface area contributed by atoms with Gasteiger partial charge in [0.05, 0.1) is 24.6 Å². The summed E-state index contributed by atoms with van der Waals surface area (Å²) in [6, 6.07) is 10.0. The zero-order valence-electron chi connectivity index (χ0n) is 10.7. The van der Waals surface area contributed by atoms with Crippen molar-refractivity contribution in [2.75, 3.05) is 5.73 Å². The van der Waals surface area contributed by atoms with Gasteiger partial charge in [-0.25, -0.2) is 9.36 Å². The maximum Gasteiger partial charge on any atom is 0.124 e. The average molecular weight is 253 g/mol. The molecule has 0 saturated carbocycles. The maximum atomic E-state index is 5.94. The highest BCUT2D eigenvalue weighted by Crippen LogP contribution is 2.13. The molecule has 0 bridgehead atoms. The van der Waals surface area contributed by atoms with E-state index in [1.54, 1.807) is 10.9 Å². The van der Waals surface area contributed by atoms with E-state index in [2.05, 4.69) is 10.2 Å². The number of benzene rings is 1. The molecule has 0 aliphatic heterocycles. The molecular formula is C14H15N5. The van der Waals surface area contributed by atoms with E-state index in [4.69, 9.17) is 5.73 Å². The first-order valence-corrected chi connectivity index (χ1v) is 6.11. The smallest absolute Gasteiger partial charge is 0.124 e. The SMILES string of the molecule is Cc1cnn(Cc2cnn(-c3ccccc3)c2)c1N. The first-order valence-electron chi connectivity index (χ1n) is 6.11. The van der Waals surface area contributed by atoms with E-state index in [1.165, 1.54) is 0 Å². The molecule has 0 fully saturated rings. The molecule has 0 spiro atoms. The first-order chi connectivity index (χ1) is 9.24. The molecular weight excluding hydrogens is 238 g/mol. The van der Waals surface area contributed by atoms with Crippen molar-refractivity contribution in [1.82, 2.24) is 19.6 Å². The molecule has 2 aromatic heterocycles. The number of rotatable bonds is 3. The van der Waals surface area contributed by atoms with Gasteiger partial charge in [-0.2, -0.15) is 10.2 Å². The van der Waals surface area contributed by atoms with Crippen molar-refractivity contribution < 1.29 is 0 Å². The van der Waals surface area contributed by atoms with Gasteiger partial charge >= 0.3 is 0 Å². The summed E-state index contributed by atoms with van der Waals surface area (Å²) in [5, 5.41) is 8.60. The average Bonchev–Trinajstić information content (AvgIpc) is 3.02. The van der Waals surface area contributed by atoms with Gasteiger partial charge in [-0.15, -0.1) is 0 Å². The summed E-state index contributed by atoms with van der Waals surface area (Å²) in [7, 11) is 0. The molecule has 3 rings (SSSR count). The fourth-order valence-electron chi connectivity index (χ4n) is 1.95. The fourth-order valence-corrected chi connectivity index (χ4v) is 1.95. The molecule has 3 aromatic rings. The lowest BCUT2D eigenvalue weighted by molar-refractivity contribution is 0.697. The van der Waals surface area contributed by atoms with E-state index in [0.717, 1.165) is 16.8 Å². The summed E-state index contributed by atoms with van der Waals surface area (Å²) >= 11 is 0. The Morgan fingerprint density at radius 2 is 1.89 bits per heavy atom. The standard InChI is InChI=1S/C14H15N5/c1-11-7-16-19(14(11)15)10-12-8-17-18(9-12)13-5-3-2-4-6-13/h2-9H,10,15H2,1H3. The van der Waals surface area contributed by atoms with E-state index in [1.807, 2.05) is 54.3 Å². The minimum Gasteiger partial charge on any atom is -0.384 e. The Balaban J connectivity index is 1.84. The number of aromatic nitrogens is 4. The van der Waals surface area contributed by atoms with Gasteiger partial charge in [-0.3, -0.25) is 0 Å². The second-order valence-electron chi connectivity index (χ2n) is 4.50. The summed E-state index contributed by atoms with van der Waals surface area (Å²) in [6.07, 6.45) is 5.60. The van der Waals surface area contributed by atoms with Crippen molar-refractivity contribution in [3.63, 3.8) is 0 Å². The zero-order valence-corrected chi connectivity index (χ0v) is 10.7. The molecule has 96 valence electrons. The van der Waals surface area contributed by atoms with E-state index in [-0.39, 0.29) is 0 Å². The molecule has 0 aliphatic rings. The van der Waals surface area contributed by atoms with E-state index >= 15 is 0 Å². The fraction of sp³-hybridized carbons (Fsp3) is 0.143. The molecule has 0 aliphatic carbocycles. The van der Waals surface area contributed by atoms with Crippen LogP contribution in [-0.4, -0.2) is 19.6 Å². The normalized spacial score (nSPS) is 10.8. The third kappa shape index (κ3) is 2.22. The number of nitrogen functional groups attached to an aromatic ring is 1. The van der Waals surface area contributed by atoms with Crippen molar-refractivity contribution in [3.05, 3.63) is 60.0 Å². The maximum absolute atomic E-state index is 5.94. The summed E-state index contributed by atoms with van der Waals surface area (Å²) < 4.78 is 3.63. The predicted molar refractivity (Wildman–Crippen MR) is 74.0 cm³/mol. The number of aryl methyl sites for hydroxylation is 1. The van der Waals surface area contributed by atoms with Gasteiger partial charge in [0.2, 0.25) is 0 Å². The van der Waals surface area contributed by atoms with E-state index in [0.29, 0.717) is 12.4 Å². The monoisotopic (exact) mass is 253 g/mol. The second-order valence-corrected chi connectivity index (χ2v) is 4.50. The lowest BCUT2D eigenvalue weighted by Crippen LogP contribution is -2.05. The third-order valence-electron chi connectivity index (χ3n) is 3.06. The largest absolute Gasteiger partial charge is 0.384 e. The Morgan fingerprint density at radius 3 is 2.58 bits per heavy atom. The molecule has 0 atom stereocenters. The number of nitrogens with zero attached hydrogens (tertiary/aromatic N) is 4. The molecule has 5 nitrogen and oxygen atoms in total. The molecule has 0 unspecified atom stereocenters. The van der Waals surface area contributed by atoms with Crippen LogP contribution in [0.3, 0.4) is 0 Å². The molecule has 0 saturated heterocycles. The van der Waals surface area contributed by atoms with Crippen molar-refractivity contribution >= 4 is 5.82 Å². The van der Waals surface area contributed by atoms with Crippen LogP contribution in [0.25, 0.3) is 5.69 Å². The lowest BCUT2D eigenvalue weighted by Gasteiger charge is -2.02. The van der Waals surface area contributed by atoms with Gasteiger partial charge in [0.15, 0.2) is 0 Å². The molecule has 5 heteroatoms. The van der Waals surface area contributed by atoms with Crippen molar-refractivity contribution in [3.8, 4) is 5.69 Å². The predicted octanol–water partition coefficient (Wildman–Crippen LogP) is 2.01. The van der Waals surface area contributed by atoms with E-state index < -0.39 is 0 Å². The van der Waals surface area contributed by atoms with Crippen molar-refractivity contribution in [2.24, 2.45) is 0 Å². The minimum atomic E-state index is 0.631. The number of hydrogen-bond acceptors (Lipinski definition) is 3. The van der Waals surface area contributed by atoms with Gasteiger partial charge in [-0.05, 0) is 19.1 Å². The van der Waals surface area contributed by atoms with Gasteiger partial charge in [0.25, 0.3) is 0 Å². The Hall–Kier alpha value is -2.56. The van der Waals surface area contributed by atoms with Crippen LogP contribution in [0.1, 0.15) is 11.1 Å². The van der Waals surface area contributed by atoms with Crippen LogP contribution in [0.4, 0.5) is 5.82 Å². The Kier molecular flexibility index (Phi) is 2.79. The van der Waals surface area contributed by atoms with Crippen molar-refractivity contribution in [1.29, 1.82) is 0 Å². The highest BCUT2D eigenvalue weighted by atomic mass is 15.3. The topological polar surface area (TPSA) is 61.7 Å². The number of para-hydroxylation sites is 1. The summed E-state index contributed by atoms with van der Waals surface area (Å²) in [6.45, 7) is 2.58. The van der Waals surface area contributed by atoms with Crippen molar-refractivity contribution in [2.45, 2.75) is 13.5 Å². The van der Waals surface area contributed by atoms with Crippen LogP contribution >= 0.6 is 0 Å². The molecule has 19 heavy (non-hydrogen) atoms.